The summed E-state index contributed by atoms with van der Waals surface area (Å²) in [5, 5.41) is 10.8. The van der Waals surface area contributed by atoms with Gasteiger partial charge >= 0.3 is 5.97 Å². The van der Waals surface area contributed by atoms with Gasteiger partial charge in [0.2, 0.25) is 0 Å². The Labute approximate surface area is 147 Å². The molecule has 0 aliphatic carbocycles. The Kier molecular flexibility index (Phi) is 5.20. The normalized spacial score (nSPS) is 10.5. The van der Waals surface area contributed by atoms with Crippen LogP contribution in [-0.2, 0) is 4.74 Å². The first-order valence-electron chi connectivity index (χ1n) is 7.32. The maximum atomic E-state index is 13.0. The number of esters is 1. The summed E-state index contributed by atoms with van der Waals surface area (Å²) >= 11 is 5.65. The smallest absolute Gasteiger partial charge is 0.357 e. The minimum absolute atomic E-state index is 0.123. The van der Waals surface area contributed by atoms with Crippen molar-refractivity contribution in [2.45, 2.75) is 0 Å². The number of imidazole rings is 1. The summed E-state index contributed by atoms with van der Waals surface area (Å²) < 4.78 is 19.7. The fourth-order valence-electron chi connectivity index (χ4n) is 2.06. The van der Waals surface area contributed by atoms with Crippen molar-refractivity contribution in [3.63, 3.8) is 0 Å². The van der Waals surface area contributed by atoms with Crippen LogP contribution >= 0.6 is 11.6 Å². The zero-order chi connectivity index (χ0) is 17.6. The standard InChI is InChI=1S/C16H13ClFN5O2/c17-14-5-6-15(22-21-14)20-7-8-25-16(24)13-9-19-10-23(13)12-3-1-11(18)2-4-12/h1-6,9-10H,7-8H2,(H,20,22). The summed E-state index contributed by atoms with van der Waals surface area (Å²) in [4.78, 5) is 16.1. The number of hydrogen-bond donors (Lipinski definition) is 1. The third kappa shape index (κ3) is 4.30. The minimum atomic E-state index is -0.536. The Morgan fingerprint density at radius 1 is 1.20 bits per heavy atom. The Bertz CT molecular complexity index is 852. The highest BCUT2D eigenvalue weighted by atomic mass is 35.5. The van der Waals surface area contributed by atoms with Crippen LogP contribution in [0.3, 0.4) is 0 Å². The van der Waals surface area contributed by atoms with Crippen LogP contribution in [0.5, 0.6) is 0 Å². The molecule has 2 heterocycles. The van der Waals surface area contributed by atoms with E-state index in [4.69, 9.17) is 16.3 Å². The first kappa shape index (κ1) is 16.8. The molecule has 0 saturated heterocycles. The first-order valence-corrected chi connectivity index (χ1v) is 7.70. The van der Waals surface area contributed by atoms with Crippen LogP contribution in [0.1, 0.15) is 10.5 Å². The van der Waals surface area contributed by atoms with Gasteiger partial charge in [0.25, 0.3) is 0 Å². The van der Waals surface area contributed by atoms with Gasteiger partial charge in [0.05, 0.1) is 19.1 Å². The molecule has 0 bridgehead atoms. The summed E-state index contributed by atoms with van der Waals surface area (Å²) in [7, 11) is 0. The number of carbonyl (C=O) groups is 1. The molecule has 0 aliphatic rings. The van der Waals surface area contributed by atoms with Gasteiger partial charge in [-0.15, -0.1) is 10.2 Å². The number of anilines is 1. The van der Waals surface area contributed by atoms with E-state index in [9.17, 15) is 9.18 Å². The highest BCUT2D eigenvalue weighted by Gasteiger charge is 2.14. The molecule has 0 saturated carbocycles. The van der Waals surface area contributed by atoms with E-state index < -0.39 is 5.97 Å². The molecule has 0 spiro atoms. The van der Waals surface area contributed by atoms with Crippen molar-refractivity contribution in [2.24, 2.45) is 0 Å². The fraction of sp³-hybridized carbons (Fsp3) is 0.125. The molecule has 0 aliphatic heterocycles. The maximum absolute atomic E-state index is 13.0. The average molecular weight is 362 g/mol. The van der Waals surface area contributed by atoms with Gasteiger partial charge in [0.15, 0.2) is 10.8 Å². The highest BCUT2D eigenvalue weighted by molar-refractivity contribution is 6.29. The van der Waals surface area contributed by atoms with E-state index in [2.05, 4.69) is 20.5 Å². The lowest BCUT2D eigenvalue weighted by molar-refractivity contribution is 0.0511. The van der Waals surface area contributed by atoms with Crippen molar-refractivity contribution in [3.8, 4) is 5.69 Å². The van der Waals surface area contributed by atoms with E-state index in [0.29, 0.717) is 23.2 Å². The Hall–Kier alpha value is -3.00. The lowest BCUT2D eigenvalue weighted by atomic mass is 10.3. The van der Waals surface area contributed by atoms with E-state index >= 15 is 0 Å². The average Bonchev–Trinajstić information content (AvgIpc) is 3.10. The van der Waals surface area contributed by atoms with Crippen molar-refractivity contribution in [1.29, 1.82) is 0 Å². The zero-order valence-electron chi connectivity index (χ0n) is 12.9. The SMILES string of the molecule is O=C(OCCNc1ccc(Cl)nn1)c1cncn1-c1ccc(F)cc1. The Morgan fingerprint density at radius 2 is 2.00 bits per heavy atom. The summed E-state index contributed by atoms with van der Waals surface area (Å²) in [6.07, 6.45) is 2.86. The van der Waals surface area contributed by atoms with E-state index in [0.717, 1.165) is 0 Å². The van der Waals surface area contributed by atoms with Crippen LogP contribution in [0.15, 0.2) is 48.9 Å². The fourth-order valence-corrected chi connectivity index (χ4v) is 2.16. The van der Waals surface area contributed by atoms with Crippen molar-refractivity contribution >= 4 is 23.4 Å². The highest BCUT2D eigenvalue weighted by Crippen LogP contribution is 2.13. The number of hydrogen-bond acceptors (Lipinski definition) is 6. The van der Waals surface area contributed by atoms with Gasteiger partial charge in [-0.2, -0.15) is 0 Å². The molecule has 25 heavy (non-hydrogen) atoms. The van der Waals surface area contributed by atoms with Crippen molar-refractivity contribution in [3.05, 3.63) is 65.6 Å². The molecule has 9 heteroatoms. The van der Waals surface area contributed by atoms with E-state index in [1.807, 2.05) is 0 Å². The van der Waals surface area contributed by atoms with Gasteiger partial charge in [0, 0.05) is 5.69 Å². The molecule has 1 N–H and O–H groups in total. The first-order chi connectivity index (χ1) is 12.1. The molecular formula is C16H13ClFN5O2. The second-order valence-electron chi connectivity index (χ2n) is 4.93. The molecule has 7 nitrogen and oxygen atoms in total. The van der Waals surface area contributed by atoms with Gasteiger partial charge in [-0.25, -0.2) is 14.2 Å². The summed E-state index contributed by atoms with van der Waals surface area (Å²) in [6, 6.07) is 8.98. The lowest BCUT2D eigenvalue weighted by Gasteiger charge is -2.09. The molecule has 3 rings (SSSR count). The second kappa shape index (κ2) is 7.71. The molecule has 3 aromatic rings. The monoisotopic (exact) mass is 361 g/mol. The van der Waals surface area contributed by atoms with Crippen LogP contribution < -0.4 is 5.32 Å². The molecule has 128 valence electrons. The summed E-state index contributed by atoms with van der Waals surface area (Å²) in [6.45, 7) is 0.477. The molecule has 0 radical (unpaired) electrons. The van der Waals surface area contributed by atoms with Crippen molar-refractivity contribution < 1.29 is 13.9 Å². The van der Waals surface area contributed by atoms with Gasteiger partial charge < -0.3 is 10.1 Å². The molecule has 1 aromatic carbocycles. The quantitative estimate of drug-likeness (QED) is 0.537. The third-order valence-electron chi connectivity index (χ3n) is 3.23. The zero-order valence-corrected chi connectivity index (χ0v) is 13.7. The topological polar surface area (TPSA) is 81.9 Å². The van der Waals surface area contributed by atoms with E-state index in [1.165, 1.54) is 29.2 Å². The number of rotatable bonds is 6. The van der Waals surface area contributed by atoms with Crippen LogP contribution in [0.4, 0.5) is 10.2 Å². The second-order valence-corrected chi connectivity index (χ2v) is 5.32. The van der Waals surface area contributed by atoms with Gasteiger partial charge in [-0.3, -0.25) is 4.57 Å². The number of benzene rings is 1. The van der Waals surface area contributed by atoms with Crippen LogP contribution in [0.2, 0.25) is 5.15 Å². The number of nitrogens with zero attached hydrogens (tertiary/aromatic N) is 4. The predicted molar refractivity (Wildman–Crippen MR) is 89.3 cm³/mol. The molecule has 0 atom stereocenters. The Morgan fingerprint density at radius 3 is 2.72 bits per heavy atom. The van der Waals surface area contributed by atoms with Gasteiger partial charge in [-0.05, 0) is 36.4 Å². The number of aromatic nitrogens is 4. The molecular weight excluding hydrogens is 349 g/mol. The van der Waals surface area contributed by atoms with Gasteiger partial charge in [0.1, 0.15) is 18.2 Å². The maximum Gasteiger partial charge on any atom is 0.357 e. The molecule has 0 fully saturated rings. The lowest BCUT2D eigenvalue weighted by Crippen LogP contribution is -2.16. The van der Waals surface area contributed by atoms with Crippen LogP contribution in [-0.4, -0.2) is 38.9 Å². The largest absolute Gasteiger partial charge is 0.459 e. The minimum Gasteiger partial charge on any atom is -0.459 e. The number of nitrogens with one attached hydrogen (secondary N) is 1. The number of carbonyl (C=O) groups excluding carboxylic acids is 1. The molecule has 0 amide bonds. The molecule has 2 aromatic heterocycles. The van der Waals surface area contributed by atoms with Crippen LogP contribution in [0.25, 0.3) is 5.69 Å². The van der Waals surface area contributed by atoms with E-state index in [1.54, 1.807) is 24.3 Å². The number of ether oxygens (including phenoxy) is 1. The molecule has 0 unspecified atom stereocenters. The number of halogens is 2. The summed E-state index contributed by atoms with van der Waals surface area (Å²) in [5.41, 5.74) is 0.860. The summed E-state index contributed by atoms with van der Waals surface area (Å²) in [5.74, 6) is -0.369. The van der Waals surface area contributed by atoms with Crippen LogP contribution in [0, 0.1) is 5.82 Å². The van der Waals surface area contributed by atoms with E-state index in [-0.39, 0.29) is 18.1 Å². The predicted octanol–water partition coefficient (Wildman–Crippen LogP) is 2.72. The van der Waals surface area contributed by atoms with Gasteiger partial charge in [-0.1, -0.05) is 11.6 Å². The van der Waals surface area contributed by atoms with Crippen molar-refractivity contribution in [2.75, 3.05) is 18.5 Å². The third-order valence-corrected chi connectivity index (χ3v) is 3.43. The Balaban J connectivity index is 1.56. The van der Waals surface area contributed by atoms with Crippen molar-refractivity contribution in [1.82, 2.24) is 19.7 Å².